The maximum atomic E-state index is 9.44. The number of nitrogens with zero attached hydrogens (tertiary/aromatic N) is 2. The number of allylic oxidation sites excluding steroid dienone is 1. The fourth-order valence-electron chi connectivity index (χ4n) is 2.05. The number of rotatable bonds is 4. The quantitative estimate of drug-likeness (QED) is 0.441. The highest BCUT2D eigenvalue weighted by atomic mass is 79.9. The maximum Gasteiger partial charge on any atom is 0.136 e. The topological polar surface area (TPSA) is 48.7 Å². The molecule has 1 heterocycles. The first kappa shape index (κ1) is 18.0. The van der Waals surface area contributed by atoms with Crippen molar-refractivity contribution in [1.29, 1.82) is 5.26 Å². The molecule has 0 amide bonds. The van der Waals surface area contributed by atoms with Gasteiger partial charge in [-0.3, -0.25) is 0 Å². The van der Waals surface area contributed by atoms with Gasteiger partial charge in [0.25, 0.3) is 0 Å². The third-order valence-corrected chi connectivity index (χ3v) is 5.25. The molecule has 0 unspecified atom stereocenters. The molecule has 0 atom stereocenters. The number of nitriles is 1. The summed E-state index contributed by atoms with van der Waals surface area (Å²) in [5.41, 5.74) is 2.93. The van der Waals surface area contributed by atoms with Crippen LogP contribution in [0.1, 0.15) is 5.01 Å². The van der Waals surface area contributed by atoms with Crippen molar-refractivity contribution in [2.75, 3.05) is 5.32 Å². The molecule has 1 N–H and O–H groups in total. The predicted octanol–water partition coefficient (Wildman–Crippen LogP) is 6.86. The predicted molar refractivity (Wildman–Crippen MR) is 109 cm³/mol. The molecule has 0 saturated heterocycles. The summed E-state index contributed by atoms with van der Waals surface area (Å²) in [6.07, 6.45) is 1.60. The Balaban J connectivity index is 1.84. The Labute approximate surface area is 167 Å². The van der Waals surface area contributed by atoms with Crippen LogP contribution in [0, 0.1) is 11.3 Å². The highest BCUT2D eigenvalue weighted by Crippen LogP contribution is 2.29. The summed E-state index contributed by atoms with van der Waals surface area (Å²) in [5.74, 6) is 0. The lowest BCUT2D eigenvalue weighted by Crippen LogP contribution is -1.92. The number of aromatic nitrogens is 1. The second-order valence-corrected chi connectivity index (χ2v) is 7.60. The molecule has 0 aliphatic rings. The monoisotopic (exact) mass is 449 g/mol. The molecule has 0 spiro atoms. The van der Waals surface area contributed by atoms with Gasteiger partial charge in [0.15, 0.2) is 0 Å². The lowest BCUT2D eigenvalue weighted by molar-refractivity contribution is 1.36. The van der Waals surface area contributed by atoms with Crippen molar-refractivity contribution in [3.63, 3.8) is 0 Å². The van der Waals surface area contributed by atoms with Crippen LogP contribution >= 0.6 is 50.5 Å². The van der Waals surface area contributed by atoms with E-state index in [-0.39, 0.29) is 0 Å². The molecule has 3 rings (SSSR count). The zero-order valence-corrected chi connectivity index (χ0v) is 16.5. The zero-order chi connectivity index (χ0) is 17.8. The molecule has 0 bridgehead atoms. The van der Waals surface area contributed by atoms with Crippen LogP contribution in [0.3, 0.4) is 0 Å². The lowest BCUT2D eigenvalue weighted by atomic mass is 10.2. The van der Waals surface area contributed by atoms with Gasteiger partial charge < -0.3 is 5.32 Å². The molecule has 1 aromatic heterocycles. The lowest BCUT2D eigenvalue weighted by Gasteiger charge is -2.04. The summed E-state index contributed by atoms with van der Waals surface area (Å²) >= 11 is 16.8. The van der Waals surface area contributed by atoms with Gasteiger partial charge in [-0.25, -0.2) is 4.98 Å². The van der Waals surface area contributed by atoms with Crippen molar-refractivity contribution in [1.82, 2.24) is 4.98 Å². The van der Waals surface area contributed by atoms with Crippen molar-refractivity contribution in [2.45, 2.75) is 0 Å². The fraction of sp³-hybridized carbons (Fsp3) is 0. The molecule has 3 aromatic rings. The van der Waals surface area contributed by atoms with E-state index in [2.05, 4.69) is 32.3 Å². The average Bonchev–Trinajstić information content (AvgIpc) is 3.07. The summed E-state index contributed by atoms with van der Waals surface area (Å²) in [7, 11) is 0. The average molecular weight is 451 g/mol. The number of halogens is 3. The maximum absolute atomic E-state index is 9.44. The second kappa shape index (κ2) is 8.03. The van der Waals surface area contributed by atoms with Crippen LogP contribution in [-0.2, 0) is 0 Å². The highest BCUT2D eigenvalue weighted by molar-refractivity contribution is 9.10. The first-order valence-corrected chi connectivity index (χ1v) is 9.53. The molecular formula is C18H10BrCl2N3S. The first-order valence-electron chi connectivity index (χ1n) is 7.10. The molecule has 0 fully saturated rings. The van der Waals surface area contributed by atoms with E-state index in [1.54, 1.807) is 24.4 Å². The number of hydrogen-bond donors (Lipinski definition) is 1. The van der Waals surface area contributed by atoms with E-state index >= 15 is 0 Å². The van der Waals surface area contributed by atoms with Crippen LogP contribution in [0.2, 0.25) is 10.0 Å². The number of thiazole rings is 1. The smallest absolute Gasteiger partial charge is 0.136 e. The second-order valence-electron chi connectivity index (χ2n) is 4.98. The highest BCUT2D eigenvalue weighted by Gasteiger charge is 2.09. The Morgan fingerprint density at radius 2 is 1.96 bits per heavy atom. The van der Waals surface area contributed by atoms with Crippen molar-refractivity contribution >= 4 is 61.7 Å². The van der Waals surface area contributed by atoms with Gasteiger partial charge in [0, 0.05) is 26.6 Å². The van der Waals surface area contributed by atoms with Gasteiger partial charge in [0.1, 0.15) is 16.6 Å². The molecule has 0 aliphatic carbocycles. The number of hydrogen-bond acceptors (Lipinski definition) is 4. The SMILES string of the molecule is N#CC(=CNc1ccc(Cl)cc1Cl)c1nc(-c2ccc(Br)cc2)cs1. The summed E-state index contributed by atoms with van der Waals surface area (Å²) in [6.45, 7) is 0. The van der Waals surface area contributed by atoms with E-state index in [4.69, 9.17) is 23.2 Å². The minimum atomic E-state index is 0.430. The molecule has 2 aromatic carbocycles. The summed E-state index contributed by atoms with van der Waals surface area (Å²) < 4.78 is 1.01. The van der Waals surface area contributed by atoms with E-state index in [0.29, 0.717) is 26.3 Å². The summed E-state index contributed by atoms with van der Waals surface area (Å²) in [6, 6.07) is 15.2. The van der Waals surface area contributed by atoms with Crippen molar-refractivity contribution < 1.29 is 0 Å². The van der Waals surface area contributed by atoms with Gasteiger partial charge in [-0.2, -0.15) is 5.26 Å². The molecule has 0 saturated carbocycles. The van der Waals surface area contributed by atoms with Crippen molar-refractivity contribution in [2.24, 2.45) is 0 Å². The first-order chi connectivity index (χ1) is 12.1. The van der Waals surface area contributed by atoms with Crippen molar-refractivity contribution in [3.8, 4) is 17.3 Å². The van der Waals surface area contributed by atoms with E-state index in [9.17, 15) is 5.26 Å². The standard InChI is InChI=1S/C18H10BrCl2N3S/c19-13-3-1-11(2-4-13)17-10-25-18(24-17)12(8-22)9-23-16-6-5-14(20)7-15(16)21/h1-7,9-10,23H. The minimum absolute atomic E-state index is 0.430. The molecule has 25 heavy (non-hydrogen) atoms. The Hall–Kier alpha value is -1.84. The largest absolute Gasteiger partial charge is 0.359 e. The van der Waals surface area contributed by atoms with E-state index in [1.807, 2.05) is 29.6 Å². The van der Waals surface area contributed by atoms with Crippen LogP contribution in [-0.4, -0.2) is 4.98 Å². The normalized spacial score (nSPS) is 11.2. The number of anilines is 1. The number of benzene rings is 2. The number of nitrogens with one attached hydrogen (secondary N) is 1. The van der Waals surface area contributed by atoms with E-state index < -0.39 is 0 Å². The van der Waals surface area contributed by atoms with Crippen LogP contribution < -0.4 is 5.32 Å². The van der Waals surface area contributed by atoms with Gasteiger partial charge >= 0.3 is 0 Å². The molecule has 0 radical (unpaired) electrons. The van der Waals surface area contributed by atoms with Crippen LogP contribution in [0.4, 0.5) is 5.69 Å². The molecule has 7 heteroatoms. The minimum Gasteiger partial charge on any atom is -0.359 e. The van der Waals surface area contributed by atoms with Crippen LogP contribution in [0.25, 0.3) is 16.8 Å². The zero-order valence-electron chi connectivity index (χ0n) is 12.6. The third-order valence-electron chi connectivity index (χ3n) is 3.30. The Bertz CT molecular complexity index is 975. The molecule has 0 aliphatic heterocycles. The Kier molecular flexibility index (Phi) is 5.77. The van der Waals surface area contributed by atoms with Gasteiger partial charge in [0.2, 0.25) is 0 Å². The van der Waals surface area contributed by atoms with E-state index in [1.165, 1.54) is 11.3 Å². The third kappa shape index (κ3) is 4.42. The van der Waals surface area contributed by atoms with Gasteiger partial charge in [-0.05, 0) is 30.3 Å². The molecule has 3 nitrogen and oxygen atoms in total. The van der Waals surface area contributed by atoms with Gasteiger partial charge in [-0.1, -0.05) is 51.3 Å². The van der Waals surface area contributed by atoms with E-state index in [0.717, 1.165) is 15.7 Å². The molecular weight excluding hydrogens is 441 g/mol. The Morgan fingerprint density at radius 1 is 1.20 bits per heavy atom. The van der Waals surface area contributed by atoms with Gasteiger partial charge in [0.05, 0.1) is 16.4 Å². The van der Waals surface area contributed by atoms with Crippen molar-refractivity contribution in [3.05, 3.63) is 73.6 Å². The Morgan fingerprint density at radius 3 is 2.64 bits per heavy atom. The summed E-state index contributed by atoms with van der Waals surface area (Å²) in [4.78, 5) is 4.55. The van der Waals surface area contributed by atoms with Gasteiger partial charge in [-0.15, -0.1) is 11.3 Å². The fourth-order valence-corrected chi connectivity index (χ4v) is 3.57. The van der Waals surface area contributed by atoms with Crippen LogP contribution in [0.15, 0.2) is 58.5 Å². The molecule has 124 valence electrons. The van der Waals surface area contributed by atoms with Crippen LogP contribution in [0.5, 0.6) is 0 Å². The summed E-state index contributed by atoms with van der Waals surface area (Å²) in [5, 5.41) is 16.1.